The van der Waals surface area contributed by atoms with Crippen LogP contribution in [0.4, 0.5) is 14.9 Å². The van der Waals surface area contributed by atoms with Gasteiger partial charge in [0.15, 0.2) is 17.7 Å². The smallest absolute Gasteiger partial charge is 0.412 e. The molecule has 0 unspecified atom stereocenters. The highest BCUT2D eigenvalue weighted by Crippen LogP contribution is 2.30. The number of halogens is 1. The van der Waals surface area contributed by atoms with Crippen molar-refractivity contribution in [2.75, 3.05) is 11.9 Å². The number of phenols is 1. The van der Waals surface area contributed by atoms with E-state index in [1.807, 2.05) is 30.3 Å². The summed E-state index contributed by atoms with van der Waals surface area (Å²) in [6.07, 6.45) is -0.756. The van der Waals surface area contributed by atoms with Crippen LogP contribution in [0, 0.1) is 5.82 Å². The second-order valence-corrected chi connectivity index (χ2v) is 6.94. The number of nitrogens with one attached hydrogen (secondary N) is 2. The van der Waals surface area contributed by atoms with E-state index in [0.29, 0.717) is 5.69 Å². The van der Waals surface area contributed by atoms with Gasteiger partial charge in [0.05, 0.1) is 5.69 Å². The predicted octanol–water partition coefficient (Wildman–Crippen LogP) is 4.44. The summed E-state index contributed by atoms with van der Waals surface area (Å²) in [6, 6.07) is 16.4. The van der Waals surface area contributed by atoms with Gasteiger partial charge in [-0.25, -0.2) is 14.7 Å². The molecule has 0 aliphatic rings. The second-order valence-electron chi connectivity index (χ2n) is 6.94. The molecule has 0 saturated carbocycles. The summed E-state index contributed by atoms with van der Waals surface area (Å²) in [5, 5.41) is 22.7. The van der Waals surface area contributed by atoms with E-state index in [-0.39, 0.29) is 12.2 Å². The van der Waals surface area contributed by atoms with Gasteiger partial charge in [-0.1, -0.05) is 42.5 Å². The van der Waals surface area contributed by atoms with Gasteiger partial charge in [-0.2, -0.15) is 0 Å². The van der Waals surface area contributed by atoms with Crippen LogP contribution >= 0.6 is 0 Å². The number of phenolic OH excluding ortho intramolecular Hbond substituents is 1. The van der Waals surface area contributed by atoms with Crippen molar-refractivity contribution < 1.29 is 33.8 Å². The van der Waals surface area contributed by atoms with Gasteiger partial charge in [-0.3, -0.25) is 15.3 Å². The molecule has 8 nitrogen and oxygen atoms in total. The Bertz CT molecular complexity index is 1160. The number of amides is 2. The van der Waals surface area contributed by atoms with Crippen LogP contribution in [0.25, 0.3) is 10.8 Å². The Morgan fingerprint density at radius 2 is 1.88 bits per heavy atom. The number of benzene rings is 3. The highest BCUT2D eigenvalue weighted by molar-refractivity contribution is 6.00. The van der Waals surface area contributed by atoms with Crippen LogP contribution in [0.1, 0.15) is 18.6 Å². The average Bonchev–Trinajstić information content (AvgIpc) is 2.82. The Balaban J connectivity index is 1.92. The first kappa shape index (κ1) is 23.7. The highest BCUT2D eigenvalue weighted by atomic mass is 19.1. The van der Waals surface area contributed by atoms with Gasteiger partial charge < -0.3 is 14.6 Å². The molecule has 0 saturated heterocycles. The van der Waals surface area contributed by atoms with Crippen molar-refractivity contribution in [3.8, 4) is 5.75 Å². The number of rotatable bonds is 8. The van der Waals surface area contributed by atoms with Gasteiger partial charge in [0, 0.05) is 18.1 Å². The first-order valence-electron chi connectivity index (χ1n) is 10.1. The van der Waals surface area contributed by atoms with Crippen molar-refractivity contribution in [2.24, 2.45) is 0 Å². The zero-order chi connectivity index (χ0) is 23.8. The number of carbonyl (C=O) groups is 2. The first-order chi connectivity index (χ1) is 15.9. The third kappa shape index (κ3) is 6.06. The normalized spacial score (nSPS) is 12.9. The minimum atomic E-state index is -1.18. The largest absolute Gasteiger partial charge is 0.505 e. The van der Waals surface area contributed by atoms with E-state index in [1.165, 1.54) is 17.6 Å². The first-order valence-corrected chi connectivity index (χ1v) is 10.1. The molecule has 0 bridgehead atoms. The molecule has 0 aliphatic carbocycles. The molecule has 0 heterocycles. The van der Waals surface area contributed by atoms with Gasteiger partial charge >= 0.3 is 6.09 Å². The van der Waals surface area contributed by atoms with Crippen LogP contribution in [0.5, 0.6) is 5.75 Å². The standard InChI is InChI=1S/C24H23FN2O6/c1-2-32-21(12-13-22(29)27-31)23(16-10-11-20(28)18(25)14-16)33-24(30)26-19-9-5-7-15-6-3-4-8-17(15)19/h3-14,21,23,28,31H,2H2,1H3,(H,26,30)(H,27,29)/b13-12+/t21-,23-/m1/s1. The third-order valence-electron chi connectivity index (χ3n) is 4.77. The van der Waals surface area contributed by atoms with E-state index < -0.39 is 35.8 Å². The van der Waals surface area contributed by atoms with E-state index in [1.54, 1.807) is 19.1 Å². The fourth-order valence-electron chi connectivity index (χ4n) is 3.27. The van der Waals surface area contributed by atoms with E-state index in [9.17, 15) is 19.1 Å². The lowest BCUT2D eigenvalue weighted by atomic mass is 10.0. The number of carbonyl (C=O) groups excluding carboxylic acids is 2. The fourth-order valence-corrected chi connectivity index (χ4v) is 3.27. The SMILES string of the molecule is CCO[C@H](/C=C/C(=O)NO)[C@H](OC(=O)Nc1cccc2ccccc12)c1ccc(O)c(F)c1. The van der Waals surface area contributed by atoms with Crippen molar-refractivity contribution in [3.05, 3.63) is 84.2 Å². The highest BCUT2D eigenvalue weighted by Gasteiger charge is 2.27. The molecule has 0 fully saturated rings. The van der Waals surface area contributed by atoms with Crippen LogP contribution < -0.4 is 10.8 Å². The number of anilines is 1. The van der Waals surface area contributed by atoms with Gasteiger partial charge in [0.25, 0.3) is 5.91 Å². The molecule has 33 heavy (non-hydrogen) atoms. The predicted molar refractivity (Wildman–Crippen MR) is 119 cm³/mol. The second kappa shape index (κ2) is 11.1. The maximum Gasteiger partial charge on any atom is 0.412 e. The van der Waals surface area contributed by atoms with Gasteiger partial charge in [-0.15, -0.1) is 0 Å². The fraction of sp³-hybridized carbons (Fsp3) is 0.167. The molecule has 3 aromatic rings. The van der Waals surface area contributed by atoms with Crippen LogP contribution in [-0.2, 0) is 14.3 Å². The lowest BCUT2D eigenvalue weighted by Crippen LogP contribution is -2.28. The molecule has 0 aromatic heterocycles. The van der Waals surface area contributed by atoms with Crippen molar-refractivity contribution in [1.82, 2.24) is 5.48 Å². The number of aromatic hydroxyl groups is 1. The lowest BCUT2D eigenvalue weighted by Gasteiger charge is -2.25. The molecule has 2 amide bonds. The van der Waals surface area contributed by atoms with Crippen LogP contribution in [0.2, 0.25) is 0 Å². The topological polar surface area (TPSA) is 117 Å². The maximum absolute atomic E-state index is 14.1. The summed E-state index contributed by atoms with van der Waals surface area (Å²) >= 11 is 0. The quantitative estimate of drug-likeness (QED) is 0.227. The Kier molecular flexibility index (Phi) is 7.96. The Morgan fingerprint density at radius 3 is 2.61 bits per heavy atom. The number of fused-ring (bicyclic) bond motifs is 1. The van der Waals surface area contributed by atoms with Crippen LogP contribution in [-0.4, -0.2) is 35.0 Å². The molecule has 2 atom stereocenters. The van der Waals surface area contributed by atoms with E-state index >= 15 is 0 Å². The monoisotopic (exact) mass is 454 g/mol. The molecule has 0 radical (unpaired) electrons. The molecular formula is C24H23FN2O6. The van der Waals surface area contributed by atoms with Crippen molar-refractivity contribution in [1.29, 1.82) is 0 Å². The molecule has 4 N–H and O–H groups in total. The number of hydrogen-bond donors (Lipinski definition) is 4. The van der Waals surface area contributed by atoms with E-state index in [2.05, 4.69) is 5.32 Å². The Labute approximate surface area is 189 Å². The Morgan fingerprint density at radius 1 is 1.12 bits per heavy atom. The summed E-state index contributed by atoms with van der Waals surface area (Å²) in [5.41, 5.74) is 2.15. The molecule has 0 spiro atoms. The number of ether oxygens (including phenoxy) is 2. The average molecular weight is 454 g/mol. The molecule has 172 valence electrons. The Hall–Kier alpha value is -3.95. The van der Waals surface area contributed by atoms with Gasteiger partial charge in [-0.05, 0) is 42.1 Å². The lowest BCUT2D eigenvalue weighted by molar-refractivity contribution is -0.124. The van der Waals surface area contributed by atoms with E-state index in [4.69, 9.17) is 14.7 Å². The summed E-state index contributed by atoms with van der Waals surface area (Å²) in [5.74, 6) is -2.31. The van der Waals surface area contributed by atoms with Crippen LogP contribution in [0.15, 0.2) is 72.8 Å². The van der Waals surface area contributed by atoms with Crippen molar-refractivity contribution in [3.63, 3.8) is 0 Å². The van der Waals surface area contributed by atoms with Crippen molar-refractivity contribution in [2.45, 2.75) is 19.1 Å². The minimum Gasteiger partial charge on any atom is -0.505 e. The zero-order valence-electron chi connectivity index (χ0n) is 17.7. The molecule has 3 rings (SSSR count). The van der Waals surface area contributed by atoms with Gasteiger partial charge in [0.2, 0.25) is 0 Å². The minimum absolute atomic E-state index is 0.182. The number of hydroxylamine groups is 1. The number of hydrogen-bond acceptors (Lipinski definition) is 6. The molecule has 9 heteroatoms. The molecule has 3 aromatic carbocycles. The van der Waals surface area contributed by atoms with Crippen LogP contribution in [0.3, 0.4) is 0 Å². The van der Waals surface area contributed by atoms with E-state index in [0.717, 1.165) is 29.0 Å². The molecule has 0 aliphatic heterocycles. The summed E-state index contributed by atoms with van der Waals surface area (Å²) in [7, 11) is 0. The summed E-state index contributed by atoms with van der Waals surface area (Å²) in [6.45, 7) is 1.87. The third-order valence-corrected chi connectivity index (χ3v) is 4.77. The maximum atomic E-state index is 14.1. The zero-order valence-corrected chi connectivity index (χ0v) is 17.7. The molecular weight excluding hydrogens is 431 g/mol. The summed E-state index contributed by atoms with van der Waals surface area (Å²) in [4.78, 5) is 24.3. The van der Waals surface area contributed by atoms with Gasteiger partial charge in [0.1, 0.15) is 6.10 Å². The summed E-state index contributed by atoms with van der Waals surface area (Å²) < 4.78 is 25.3. The van der Waals surface area contributed by atoms with Crippen molar-refractivity contribution >= 4 is 28.5 Å².